The van der Waals surface area contributed by atoms with E-state index < -0.39 is 12.7 Å². The fraction of sp³-hybridized carbons (Fsp3) is 1.00. The molecule has 1 rings (SSSR count). The maximum absolute atomic E-state index is 12.6. The molecule has 0 aromatic rings. The second-order valence-corrected chi connectivity index (χ2v) is 5.97. The highest BCUT2D eigenvalue weighted by atomic mass is 19.4. The molecular weight excluding hydrogens is 253 g/mol. The average molecular weight is 280 g/mol. The number of nitrogens with one attached hydrogen (secondary N) is 1. The Kier molecular flexibility index (Phi) is 6.60. The summed E-state index contributed by atoms with van der Waals surface area (Å²) >= 11 is 0. The van der Waals surface area contributed by atoms with Gasteiger partial charge in [0.1, 0.15) is 0 Å². The van der Waals surface area contributed by atoms with E-state index >= 15 is 0 Å². The largest absolute Gasteiger partial charge is 0.401 e. The molecule has 1 aliphatic rings. The Hall–Kier alpha value is -0.290. The molecule has 1 fully saturated rings. The molecule has 0 bridgehead atoms. The van der Waals surface area contributed by atoms with Crippen molar-refractivity contribution in [3.8, 4) is 0 Å². The molecule has 1 N–H and O–H groups in total. The Bertz CT molecular complexity index is 248. The number of rotatable bonds is 6. The lowest BCUT2D eigenvalue weighted by atomic mass is 9.95. The highest BCUT2D eigenvalue weighted by Crippen LogP contribution is 2.21. The van der Waals surface area contributed by atoms with E-state index in [1.807, 2.05) is 20.8 Å². The summed E-state index contributed by atoms with van der Waals surface area (Å²) in [4.78, 5) is 1.52. The van der Waals surface area contributed by atoms with Crippen LogP contribution in [-0.4, -0.2) is 42.3 Å². The third-order valence-corrected chi connectivity index (χ3v) is 3.90. The van der Waals surface area contributed by atoms with Crippen LogP contribution in [0, 0.1) is 0 Å². The van der Waals surface area contributed by atoms with Crippen LogP contribution in [-0.2, 0) is 0 Å². The van der Waals surface area contributed by atoms with Crippen LogP contribution in [0.5, 0.6) is 0 Å². The summed E-state index contributed by atoms with van der Waals surface area (Å²) in [5.41, 5.74) is 0. The maximum Gasteiger partial charge on any atom is 0.401 e. The molecule has 1 aliphatic carbocycles. The minimum Gasteiger partial charge on any atom is -0.312 e. The molecule has 5 heteroatoms. The van der Waals surface area contributed by atoms with Gasteiger partial charge in [0, 0.05) is 24.7 Å². The van der Waals surface area contributed by atoms with Crippen molar-refractivity contribution in [1.29, 1.82) is 0 Å². The van der Waals surface area contributed by atoms with Gasteiger partial charge in [-0.2, -0.15) is 13.2 Å². The third kappa shape index (κ3) is 6.61. The lowest BCUT2D eigenvalue weighted by molar-refractivity contribution is -0.154. The lowest BCUT2D eigenvalue weighted by Gasteiger charge is -2.35. The van der Waals surface area contributed by atoms with E-state index in [9.17, 15) is 13.2 Å². The molecule has 1 saturated carbocycles. The van der Waals surface area contributed by atoms with Crippen molar-refractivity contribution in [3.63, 3.8) is 0 Å². The molecule has 0 aliphatic heterocycles. The van der Waals surface area contributed by atoms with Crippen molar-refractivity contribution < 1.29 is 13.2 Å². The molecule has 1 atom stereocenters. The fourth-order valence-corrected chi connectivity index (χ4v) is 2.82. The molecule has 0 heterocycles. The number of halogens is 3. The van der Waals surface area contributed by atoms with Gasteiger partial charge < -0.3 is 5.32 Å². The van der Waals surface area contributed by atoms with Crippen molar-refractivity contribution in [3.05, 3.63) is 0 Å². The van der Waals surface area contributed by atoms with E-state index in [1.54, 1.807) is 0 Å². The van der Waals surface area contributed by atoms with Crippen LogP contribution in [0.25, 0.3) is 0 Å². The standard InChI is InChI=1S/C14H27F3N2/c1-11(2)19(10-14(15,16)17)12(3)9-18-13-7-5-4-6-8-13/h11-13,18H,4-10H2,1-3H3. The van der Waals surface area contributed by atoms with Gasteiger partial charge in [-0.05, 0) is 33.6 Å². The molecule has 2 nitrogen and oxygen atoms in total. The van der Waals surface area contributed by atoms with Gasteiger partial charge in [-0.3, -0.25) is 4.90 Å². The summed E-state index contributed by atoms with van der Waals surface area (Å²) in [6.07, 6.45) is 1.97. The minimum atomic E-state index is -4.12. The van der Waals surface area contributed by atoms with Crippen molar-refractivity contribution >= 4 is 0 Å². The van der Waals surface area contributed by atoms with E-state index in [4.69, 9.17) is 0 Å². The fourth-order valence-electron chi connectivity index (χ4n) is 2.82. The number of nitrogens with zero attached hydrogens (tertiary/aromatic N) is 1. The third-order valence-electron chi connectivity index (χ3n) is 3.90. The van der Waals surface area contributed by atoms with E-state index in [0.717, 1.165) is 12.8 Å². The first-order chi connectivity index (χ1) is 8.79. The SMILES string of the molecule is CC(C)N(CC(F)(F)F)C(C)CNC1CCCCC1. The lowest BCUT2D eigenvalue weighted by Crippen LogP contribution is -2.50. The van der Waals surface area contributed by atoms with Crippen molar-refractivity contribution in [1.82, 2.24) is 10.2 Å². The molecule has 0 aromatic heterocycles. The normalized spacial score (nSPS) is 20.2. The summed E-state index contributed by atoms with van der Waals surface area (Å²) in [5.74, 6) is 0. The van der Waals surface area contributed by atoms with Crippen LogP contribution in [0.1, 0.15) is 52.9 Å². The first-order valence-electron chi connectivity index (χ1n) is 7.35. The van der Waals surface area contributed by atoms with E-state index in [1.165, 1.54) is 24.2 Å². The maximum atomic E-state index is 12.6. The number of hydrogen-bond acceptors (Lipinski definition) is 2. The molecule has 114 valence electrons. The van der Waals surface area contributed by atoms with E-state index in [2.05, 4.69) is 5.32 Å². The Labute approximate surface area is 114 Å². The summed E-state index contributed by atoms with van der Waals surface area (Å²) in [6.45, 7) is 5.34. The smallest absolute Gasteiger partial charge is 0.312 e. The quantitative estimate of drug-likeness (QED) is 0.800. The second-order valence-electron chi connectivity index (χ2n) is 5.97. The van der Waals surface area contributed by atoms with E-state index in [0.29, 0.717) is 12.6 Å². The van der Waals surface area contributed by atoms with Gasteiger partial charge in [-0.1, -0.05) is 19.3 Å². The highest BCUT2D eigenvalue weighted by Gasteiger charge is 2.33. The predicted octanol–water partition coefficient (Wildman–Crippen LogP) is 3.57. The zero-order valence-corrected chi connectivity index (χ0v) is 12.3. The van der Waals surface area contributed by atoms with Gasteiger partial charge in [-0.25, -0.2) is 0 Å². The van der Waals surface area contributed by atoms with Crippen LogP contribution in [0.3, 0.4) is 0 Å². The van der Waals surface area contributed by atoms with Gasteiger partial charge >= 0.3 is 6.18 Å². The van der Waals surface area contributed by atoms with Gasteiger partial charge in [0.15, 0.2) is 0 Å². The summed E-state index contributed by atoms with van der Waals surface area (Å²) < 4.78 is 37.7. The topological polar surface area (TPSA) is 15.3 Å². The van der Waals surface area contributed by atoms with Crippen molar-refractivity contribution in [2.24, 2.45) is 0 Å². The molecule has 0 spiro atoms. The van der Waals surface area contributed by atoms with Crippen LogP contribution in [0.15, 0.2) is 0 Å². The predicted molar refractivity (Wildman–Crippen MR) is 72.2 cm³/mol. The first kappa shape index (κ1) is 16.8. The van der Waals surface area contributed by atoms with Gasteiger partial charge in [0.05, 0.1) is 6.54 Å². The van der Waals surface area contributed by atoms with Crippen LogP contribution < -0.4 is 5.32 Å². The Morgan fingerprint density at radius 3 is 2.16 bits per heavy atom. The summed E-state index contributed by atoms with van der Waals surface area (Å²) in [7, 11) is 0. The molecule has 0 aromatic carbocycles. The Morgan fingerprint density at radius 2 is 1.68 bits per heavy atom. The second kappa shape index (κ2) is 7.48. The monoisotopic (exact) mass is 280 g/mol. The molecule has 0 saturated heterocycles. The van der Waals surface area contributed by atoms with Crippen LogP contribution in [0.4, 0.5) is 13.2 Å². The number of hydrogen-bond donors (Lipinski definition) is 1. The van der Waals surface area contributed by atoms with Crippen molar-refractivity contribution in [2.45, 2.75) is 77.2 Å². The van der Waals surface area contributed by atoms with Gasteiger partial charge in [0.25, 0.3) is 0 Å². The number of alkyl halides is 3. The highest BCUT2D eigenvalue weighted by molar-refractivity contribution is 4.79. The minimum absolute atomic E-state index is 0.0928. The summed E-state index contributed by atoms with van der Waals surface area (Å²) in [6, 6.07) is 0.310. The Balaban J connectivity index is 2.40. The zero-order chi connectivity index (χ0) is 14.5. The van der Waals surface area contributed by atoms with Crippen LogP contribution >= 0.6 is 0 Å². The molecule has 1 unspecified atom stereocenters. The molecule has 19 heavy (non-hydrogen) atoms. The van der Waals surface area contributed by atoms with E-state index in [-0.39, 0.29) is 12.1 Å². The van der Waals surface area contributed by atoms with Gasteiger partial charge in [-0.15, -0.1) is 0 Å². The average Bonchev–Trinajstić information content (AvgIpc) is 2.33. The Morgan fingerprint density at radius 1 is 1.11 bits per heavy atom. The van der Waals surface area contributed by atoms with Crippen LogP contribution in [0.2, 0.25) is 0 Å². The van der Waals surface area contributed by atoms with Crippen molar-refractivity contribution in [2.75, 3.05) is 13.1 Å². The zero-order valence-electron chi connectivity index (χ0n) is 12.3. The van der Waals surface area contributed by atoms with Gasteiger partial charge in [0.2, 0.25) is 0 Å². The molecule has 0 amide bonds. The summed E-state index contributed by atoms with van der Waals surface area (Å²) in [5, 5.41) is 3.43. The molecular formula is C14H27F3N2. The first-order valence-corrected chi connectivity index (χ1v) is 7.35. The molecule has 0 radical (unpaired) electrons.